The van der Waals surface area contributed by atoms with Crippen molar-refractivity contribution in [3.05, 3.63) is 63.3 Å². The summed E-state index contributed by atoms with van der Waals surface area (Å²) in [5.41, 5.74) is 1.32. The Hall–Kier alpha value is -1.74. The molecular formula is C16H11ClFN3OS3. The molecule has 2 aromatic carbocycles. The van der Waals surface area contributed by atoms with Gasteiger partial charge in [-0.3, -0.25) is 4.79 Å². The summed E-state index contributed by atoms with van der Waals surface area (Å²) in [5, 5.41) is 7.06. The Morgan fingerprint density at radius 3 is 2.80 bits per heavy atom. The number of amides is 1. The molecule has 0 fully saturated rings. The molecule has 0 saturated heterocycles. The normalized spacial score (nSPS) is 10.6. The van der Waals surface area contributed by atoms with Gasteiger partial charge in [0.25, 0.3) is 0 Å². The molecule has 0 bridgehead atoms. The molecule has 1 aromatic heterocycles. The summed E-state index contributed by atoms with van der Waals surface area (Å²) in [6.45, 7) is 0. The number of hydrogen-bond donors (Lipinski definition) is 1. The molecule has 0 aliphatic heterocycles. The van der Waals surface area contributed by atoms with E-state index in [1.165, 1.54) is 41.3 Å². The van der Waals surface area contributed by atoms with Crippen LogP contribution in [0.1, 0.15) is 0 Å². The fraction of sp³-hybridized carbons (Fsp3) is 0.0625. The summed E-state index contributed by atoms with van der Waals surface area (Å²) in [7, 11) is 0. The van der Waals surface area contributed by atoms with Gasteiger partial charge in [-0.2, -0.15) is 0 Å². The van der Waals surface area contributed by atoms with Crippen LogP contribution in [-0.2, 0) is 4.79 Å². The highest BCUT2D eigenvalue weighted by molar-refractivity contribution is 8.01. The molecule has 0 atom stereocenters. The second-order valence-corrected chi connectivity index (χ2v) is 8.10. The van der Waals surface area contributed by atoms with E-state index >= 15 is 0 Å². The number of halogens is 2. The Labute approximate surface area is 161 Å². The van der Waals surface area contributed by atoms with Crippen molar-refractivity contribution in [3.8, 4) is 5.69 Å². The van der Waals surface area contributed by atoms with Gasteiger partial charge < -0.3 is 5.32 Å². The summed E-state index contributed by atoms with van der Waals surface area (Å²) in [6, 6.07) is 13.6. The van der Waals surface area contributed by atoms with Gasteiger partial charge in [0.15, 0.2) is 8.29 Å². The Bertz CT molecular complexity index is 959. The van der Waals surface area contributed by atoms with Crippen LogP contribution in [-0.4, -0.2) is 21.4 Å². The predicted octanol–water partition coefficient (Wildman–Crippen LogP) is 5.19. The second-order valence-electron chi connectivity index (χ2n) is 4.85. The minimum absolute atomic E-state index is 0.0370. The van der Waals surface area contributed by atoms with E-state index < -0.39 is 5.82 Å². The number of hydrogen-bond acceptors (Lipinski definition) is 5. The zero-order valence-corrected chi connectivity index (χ0v) is 15.8. The van der Waals surface area contributed by atoms with Crippen LogP contribution in [0.5, 0.6) is 0 Å². The van der Waals surface area contributed by atoms with E-state index in [2.05, 4.69) is 10.4 Å². The van der Waals surface area contributed by atoms with E-state index in [1.54, 1.807) is 4.68 Å². The lowest BCUT2D eigenvalue weighted by Gasteiger charge is -2.05. The highest BCUT2D eigenvalue weighted by atomic mass is 35.5. The van der Waals surface area contributed by atoms with Gasteiger partial charge in [0, 0.05) is 5.69 Å². The van der Waals surface area contributed by atoms with Gasteiger partial charge >= 0.3 is 0 Å². The van der Waals surface area contributed by atoms with Crippen molar-refractivity contribution in [3.63, 3.8) is 0 Å². The number of para-hydroxylation sites is 1. The summed E-state index contributed by atoms with van der Waals surface area (Å²) in [6.07, 6.45) is 0. The fourth-order valence-corrected chi connectivity index (χ4v) is 4.29. The molecule has 0 saturated carbocycles. The van der Waals surface area contributed by atoms with Crippen LogP contribution in [0.15, 0.2) is 52.9 Å². The predicted molar refractivity (Wildman–Crippen MR) is 103 cm³/mol. The summed E-state index contributed by atoms with van der Waals surface area (Å²) in [5.74, 6) is -0.605. The van der Waals surface area contributed by atoms with Gasteiger partial charge in [0.1, 0.15) is 5.82 Å². The number of rotatable bonds is 5. The molecule has 3 aromatic rings. The first-order valence-electron chi connectivity index (χ1n) is 7.06. The molecular weight excluding hydrogens is 401 g/mol. The van der Waals surface area contributed by atoms with E-state index in [1.807, 2.05) is 30.3 Å². The standard InChI is InChI=1S/C16H11ClFN3OS3/c17-12-8-10(6-7-13(12)18)19-14(22)9-24-15-20-21(16(23)25-15)11-4-2-1-3-5-11/h1-8H,9H2,(H,19,22). The Balaban J connectivity index is 1.63. The first-order chi connectivity index (χ1) is 12.0. The molecule has 25 heavy (non-hydrogen) atoms. The first-order valence-corrected chi connectivity index (χ1v) is 9.65. The highest BCUT2D eigenvalue weighted by Gasteiger charge is 2.10. The number of benzene rings is 2. The van der Waals surface area contributed by atoms with Gasteiger partial charge in [-0.25, -0.2) is 9.07 Å². The van der Waals surface area contributed by atoms with Crippen LogP contribution in [0.4, 0.5) is 10.1 Å². The van der Waals surface area contributed by atoms with Crippen LogP contribution >= 0.6 is 46.9 Å². The second kappa shape index (κ2) is 8.09. The molecule has 1 amide bonds. The molecule has 128 valence electrons. The van der Waals surface area contributed by atoms with E-state index in [-0.39, 0.29) is 16.7 Å². The van der Waals surface area contributed by atoms with Crippen molar-refractivity contribution < 1.29 is 9.18 Å². The van der Waals surface area contributed by atoms with Gasteiger partial charge in [-0.1, -0.05) is 52.9 Å². The van der Waals surface area contributed by atoms with E-state index in [0.717, 1.165) is 5.69 Å². The zero-order chi connectivity index (χ0) is 17.8. The minimum atomic E-state index is -0.528. The lowest BCUT2D eigenvalue weighted by molar-refractivity contribution is -0.113. The van der Waals surface area contributed by atoms with E-state index in [0.29, 0.717) is 14.0 Å². The third-order valence-electron chi connectivity index (χ3n) is 3.06. The highest BCUT2D eigenvalue weighted by Crippen LogP contribution is 2.25. The Morgan fingerprint density at radius 1 is 1.32 bits per heavy atom. The molecule has 0 radical (unpaired) electrons. The molecule has 1 heterocycles. The van der Waals surface area contributed by atoms with Crippen molar-refractivity contribution in [2.45, 2.75) is 4.34 Å². The van der Waals surface area contributed by atoms with Crippen LogP contribution in [0.25, 0.3) is 5.69 Å². The monoisotopic (exact) mass is 411 g/mol. The van der Waals surface area contributed by atoms with Crippen LogP contribution in [0, 0.1) is 9.77 Å². The van der Waals surface area contributed by atoms with Crippen molar-refractivity contribution >= 4 is 58.5 Å². The SMILES string of the molecule is O=C(CSc1nn(-c2ccccc2)c(=S)s1)Nc1ccc(F)c(Cl)c1. The molecule has 9 heteroatoms. The van der Waals surface area contributed by atoms with Gasteiger partial charge in [-0.05, 0) is 42.5 Å². The number of thioether (sulfide) groups is 1. The Kier molecular flexibility index (Phi) is 5.85. The number of carbonyl (C=O) groups is 1. The van der Waals surface area contributed by atoms with E-state index in [9.17, 15) is 9.18 Å². The molecule has 4 nitrogen and oxygen atoms in total. The third-order valence-corrected chi connectivity index (χ3v) is 5.72. The molecule has 1 N–H and O–H groups in total. The molecule has 3 rings (SSSR count). The quantitative estimate of drug-likeness (QED) is 0.463. The van der Waals surface area contributed by atoms with Crippen LogP contribution in [0.2, 0.25) is 5.02 Å². The number of nitrogens with zero attached hydrogens (tertiary/aromatic N) is 2. The van der Waals surface area contributed by atoms with Gasteiger partial charge in [0.05, 0.1) is 16.5 Å². The third kappa shape index (κ3) is 4.66. The lowest BCUT2D eigenvalue weighted by Crippen LogP contribution is -2.14. The van der Waals surface area contributed by atoms with Crippen molar-refractivity contribution in [2.75, 3.05) is 11.1 Å². The smallest absolute Gasteiger partial charge is 0.234 e. The summed E-state index contributed by atoms with van der Waals surface area (Å²) in [4.78, 5) is 12.0. The molecule has 0 unspecified atom stereocenters. The number of aromatic nitrogens is 2. The largest absolute Gasteiger partial charge is 0.325 e. The maximum Gasteiger partial charge on any atom is 0.234 e. The summed E-state index contributed by atoms with van der Waals surface area (Å²) < 4.78 is 16.1. The average Bonchev–Trinajstić information content (AvgIpc) is 2.98. The lowest BCUT2D eigenvalue weighted by atomic mass is 10.3. The minimum Gasteiger partial charge on any atom is -0.325 e. The van der Waals surface area contributed by atoms with Crippen molar-refractivity contribution in [1.29, 1.82) is 0 Å². The fourth-order valence-electron chi connectivity index (χ4n) is 1.95. The topological polar surface area (TPSA) is 46.9 Å². The summed E-state index contributed by atoms with van der Waals surface area (Å²) >= 11 is 13.6. The number of nitrogens with one attached hydrogen (secondary N) is 1. The van der Waals surface area contributed by atoms with E-state index in [4.69, 9.17) is 23.8 Å². The average molecular weight is 412 g/mol. The van der Waals surface area contributed by atoms with Crippen LogP contribution < -0.4 is 5.32 Å². The van der Waals surface area contributed by atoms with Crippen LogP contribution in [0.3, 0.4) is 0 Å². The molecule has 0 aliphatic rings. The molecule has 0 aliphatic carbocycles. The zero-order valence-electron chi connectivity index (χ0n) is 12.6. The number of carbonyl (C=O) groups excluding carboxylic acids is 1. The van der Waals surface area contributed by atoms with Crippen molar-refractivity contribution in [1.82, 2.24) is 9.78 Å². The van der Waals surface area contributed by atoms with Gasteiger partial charge in [-0.15, -0.1) is 5.10 Å². The van der Waals surface area contributed by atoms with Gasteiger partial charge in [0.2, 0.25) is 5.91 Å². The molecule has 0 spiro atoms. The maximum atomic E-state index is 13.1. The first kappa shape index (κ1) is 18.1. The maximum absolute atomic E-state index is 13.1. The Morgan fingerprint density at radius 2 is 2.08 bits per heavy atom. The number of anilines is 1. The van der Waals surface area contributed by atoms with Crippen molar-refractivity contribution in [2.24, 2.45) is 0 Å².